The second kappa shape index (κ2) is 6.51. The summed E-state index contributed by atoms with van der Waals surface area (Å²) in [7, 11) is 0. The smallest absolute Gasteiger partial charge is 0.192 e. The van der Waals surface area contributed by atoms with E-state index < -0.39 is 0 Å². The minimum Gasteiger partial charge on any atom is -0.324 e. The van der Waals surface area contributed by atoms with E-state index in [1.165, 1.54) is 11.8 Å². The maximum Gasteiger partial charge on any atom is 0.192 e. The fourth-order valence-electron chi connectivity index (χ4n) is 1.33. The Bertz CT molecular complexity index is 368. The van der Waals surface area contributed by atoms with Gasteiger partial charge < -0.3 is 10.3 Å². The molecular formula is C10H17N5S. The number of aromatic nitrogens is 3. The molecule has 0 bridgehead atoms. The monoisotopic (exact) mass is 239 g/mol. The van der Waals surface area contributed by atoms with Crippen LogP contribution in [-0.2, 0) is 13.1 Å². The molecule has 0 aliphatic rings. The van der Waals surface area contributed by atoms with E-state index in [4.69, 9.17) is 11.0 Å². The van der Waals surface area contributed by atoms with Crippen molar-refractivity contribution in [1.29, 1.82) is 5.26 Å². The molecule has 0 amide bonds. The Morgan fingerprint density at radius 2 is 2.25 bits per heavy atom. The van der Waals surface area contributed by atoms with Crippen molar-refractivity contribution in [2.24, 2.45) is 5.73 Å². The van der Waals surface area contributed by atoms with Crippen molar-refractivity contribution in [3.8, 4) is 6.07 Å². The van der Waals surface area contributed by atoms with Crippen molar-refractivity contribution in [2.45, 2.75) is 50.2 Å². The van der Waals surface area contributed by atoms with E-state index in [0.717, 1.165) is 30.4 Å². The van der Waals surface area contributed by atoms with Crippen LogP contribution in [0, 0.1) is 11.3 Å². The molecule has 0 fully saturated rings. The highest BCUT2D eigenvalue weighted by molar-refractivity contribution is 8.00. The van der Waals surface area contributed by atoms with Crippen LogP contribution in [0.1, 0.15) is 32.5 Å². The van der Waals surface area contributed by atoms with Crippen LogP contribution in [0.15, 0.2) is 5.16 Å². The maximum atomic E-state index is 8.92. The van der Waals surface area contributed by atoms with Crippen molar-refractivity contribution in [3.63, 3.8) is 0 Å². The number of hydrogen-bond donors (Lipinski definition) is 1. The number of nitriles is 1. The Morgan fingerprint density at radius 1 is 1.50 bits per heavy atom. The standard InChI is InChI=1S/C10H17N5S/c1-3-5-15-9(7-12)13-14-10(15)16-8(4-2)6-11/h8H,3-5,7,12H2,1-2H3. The molecule has 1 atom stereocenters. The molecule has 0 aliphatic carbocycles. The normalized spacial score (nSPS) is 12.4. The molecule has 6 heteroatoms. The molecule has 5 nitrogen and oxygen atoms in total. The fraction of sp³-hybridized carbons (Fsp3) is 0.700. The summed E-state index contributed by atoms with van der Waals surface area (Å²) in [5.74, 6) is 0.789. The quantitative estimate of drug-likeness (QED) is 0.762. The van der Waals surface area contributed by atoms with E-state index >= 15 is 0 Å². The topological polar surface area (TPSA) is 80.5 Å². The molecule has 1 aromatic rings. The van der Waals surface area contributed by atoms with E-state index in [1.807, 2.05) is 11.5 Å². The van der Waals surface area contributed by atoms with Gasteiger partial charge in [0.1, 0.15) is 5.82 Å². The van der Waals surface area contributed by atoms with Crippen LogP contribution in [0.4, 0.5) is 0 Å². The predicted molar refractivity (Wildman–Crippen MR) is 63.8 cm³/mol. The summed E-state index contributed by atoms with van der Waals surface area (Å²) in [4.78, 5) is 0. The number of thioether (sulfide) groups is 1. The summed E-state index contributed by atoms with van der Waals surface area (Å²) in [5, 5.41) is 17.8. The van der Waals surface area contributed by atoms with E-state index in [-0.39, 0.29) is 5.25 Å². The highest BCUT2D eigenvalue weighted by Gasteiger charge is 2.15. The molecule has 1 unspecified atom stereocenters. The van der Waals surface area contributed by atoms with Gasteiger partial charge in [-0.2, -0.15) is 5.26 Å². The largest absolute Gasteiger partial charge is 0.324 e. The Kier molecular flexibility index (Phi) is 5.29. The zero-order chi connectivity index (χ0) is 12.0. The first kappa shape index (κ1) is 13.0. The number of nitrogens with two attached hydrogens (primary N) is 1. The second-order valence-corrected chi connectivity index (χ2v) is 4.57. The first-order valence-corrected chi connectivity index (χ1v) is 6.33. The van der Waals surface area contributed by atoms with Crippen molar-refractivity contribution < 1.29 is 0 Å². The van der Waals surface area contributed by atoms with Crippen LogP contribution < -0.4 is 5.73 Å². The summed E-state index contributed by atoms with van der Waals surface area (Å²) in [5.41, 5.74) is 5.59. The van der Waals surface area contributed by atoms with Crippen molar-refractivity contribution in [2.75, 3.05) is 0 Å². The molecule has 16 heavy (non-hydrogen) atoms. The molecular weight excluding hydrogens is 222 g/mol. The van der Waals surface area contributed by atoms with Gasteiger partial charge in [0.05, 0.1) is 17.9 Å². The maximum absolute atomic E-state index is 8.92. The number of nitrogens with zero attached hydrogens (tertiary/aromatic N) is 4. The van der Waals surface area contributed by atoms with Crippen LogP contribution in [0.5, 0.6) is 0 Å². The van der Waals surface area contributed by atoms with E-state index in [0.29, 0.717) is 6.54 Å². The Labute approximate surface area is 100 Å². The average molecular weight is 239 g/mol. The summed E-state index contributed by atoms with van der Waals surface area (Å²) < 4.78 is 2.00. The van der Waals surface area contributed by atoms with Gasteiger partial charge in [-0.15, -0.1) is 10.2 Å². The number of hydrogen-bond acceptors (Lipinski definition) is 5. The first-order chi connectivity index (χ1) is 7.76. The molecule has 0 radical (unpaired) electrons. The molecule has 0 saturated carbocycles. The lowest BCUT2D eigenvalue weighted by molar-refractivity contribution is 0.591. The second-order valence-electron chi connectivity index (χ2n) is 3.40. The molecule has 0 spiro atoms. The van der Waals surface area contributed by atoms with Gasteiger partial charge in [0.15, 0.2) is 5.16 Å². The van der Waals surface area contributed by atoms with Gasteiger partial charge in [-0.25, -0.2) is 0 Å². The fourth-order valence-corrected chi connectivity index (χ4v) is 2.22. The SMILES string of the molecule is CCCn1c(CN)nnc1SC(C#N)CC. The zero-order valence-electron chi connectivity index (χ0n) is 9.68. The Balaban J connectivity index is 2.87. The predicted octanol–water partition coefficient (Wildman–Crippen LogP) is 1.54. The van der Waals surface area contributed by atoms with Crippen molar-refractivity contribution in [3.05, 3.63) is 5.82 Å². The third kappa shape index (κ3) is 2.97. The molecule has 0 saturated heterocycles. The molecule has 1 aromatic heterocycles. The lowest BCUT2D eigenvalue weighted by atomic mass is 10.4. The van der Waals surface area contributed by atoms with Gasteiger partial charge in [-0.1, -0.05) is 25.6 Å². The van der Waals surface area contributed by atoms with E-state index in [1.54, 1.807) is 0 Å². The van der Waals surface area contributed by atoms with Crippen LogP contribution in [0.25, 0.3) is 0 Å². The lowest BCUT2D eigenvalue weighted by Crippen LogP contribution is -2.10. The Hall–Kier alpha value is -1.06. The van der Waals surface area contributed by atoms with Gasteiger partial charge in [0.2, 0.25) is 0 Å². The minimum atomic E-state index is -0.0644. The minimum absolute atomic E-state index is 0.0644. The highest BCUT2D eigenvalue weighted by atomic mass is 32.2. The summed E-state index contributed by atoms with van der Waals surface area (Å²) >= 11 is 1.46. The molecule has 0 aliphatic heterocycles. The molecule has 1 heterocycles. The summed E-state index contributed by atoms with van der Waals surface area (Å²) in [6.45, 7) is 5.32. The molecule has 1 rings (SSSR count). The zero-order valence-corrected chi connectivity index (χ0v) is 10.5. The van der Waals surface area contributed by atoms with Gasteiger partial charge in [-0.3, -0.25) is 0 Å². The van der Waals surface area contributed by atoms with E-state index in [2.05, 4.69) is 23.2 Å². The van der Waals surface area contributed by atoms with Crippen molar-refractivity contribution >= 4 is 11.8 Å². The van der Waals surface area contributed by atoms with Gasteiger partial charge in [0.25, 0.3) is 0 Å². The summed E-state index contributed by atoms with van der Waals surface area (Å²) in [6.07, 6.45) is 1.81. The third-order valence-corrected chi connectivity index (χ3v) is 3.42. The van der Waals surface area contributed by atoms with E-state index in [9.17, 15) is 0 Å². The third-order valence-electron chi connectivity index (χ3n) is 2.19. The van der Waals surface area contributed by atoms with Crippen LogP contribution in [0.2, 0.25) is 0 Å². The van der Waals surface area contributed by atoms with Gasteiger partial charge in [0, 0.05) is 6.54 Å². The lowest BCUT2D eigenvalue weighted by Gasteiger charge is -2.09. The average Bonchev–Trinajstić information content (AvgIpc) is 2.69. The van der Waals surface area contributed by atoms with Gasteiger partial charge in [-0.05, 0) is 12.8 Å². The van der Waals surface area contributed by atoms with Crippen LogP contribution in [0.3, 0.4) is 0 Å². The van der Waals surface area contributed by atoms with Gasteiger partial charge >= 0.3 is 0 Å². The summed E-state index contributed by atoms with van der Waals surface area (Å²) in [6, 6.07) is 2.25. The van der Waals surface area contributed by atoms with Crippen LogP contribution >= 0.6 is 11.8 Å². The van der Waals surface area contributed by atoms with Crippen molar-refractivity contribution in [1.82, 2.24) is 14.8 Å². The molecule has 88 valence electrons. The molecule has 2 N–H and O–H groups in total. The molecule has 0 aromatic carbocycles. The Morgan fingerprint density at radius 3 is 2.75 bits per heavy atom. The highest BCUT2D eigenvalue weighted by Crippen LogP contribution is 2.24. The number of rotatable bonds is 6. The van der Waals surface area contributed by atoms with Crippen LogP contribution in [-0.4, -0.2) is 20.0 Å². The first-order valence-electron chi connectivity index (χ1n) is 5.45.